The summed E-state index contributed by atoms with van der Waals surface area (Å²) < 4.78 is 68.6. The van der Waals surface area contributed by atoms with Crippen LogP contribution in [0, 0.1) is 29.1 Å². The first-order chi connectivity index (χ1) is 12.8. The zero-order valence-corrected chi connectivity index (χ0v) is 13.1. The summed E-state index contributed by atoms with van der Waals surface area (Å²) in [7, 11) is 0. The molecule has 0 fully saturated rings. The van der Waals surface area contributed by atoms with E-state index in [9.17, 15) is 31.9 Å². The highest BCUT2D eigenvalue weighted by molar-refractivity contribution is 6.30. The standard InChI is InChI=1S/C18H7F5N2O2/c19-10-9(11(20)13(22)14(23)12(10)21)16-8-7(17(26)25-16)15(24-18(8)27)6-4-2-1-3-5-6/h1-5,24,27H. The van der Waals surface area contributed by atoms with Crippen molar-refractivity contribution in [3.05, 3.63) is 76.1 Å². The van der Waals surface area contributed by atoms with Gasteiger partial charge in [0.05, 0.1) is 28.1 Å². The summed E-state index contributed by atoms with van der Waals surface area (Å²) in [5, 5.41) is 10.1. The van der Waals surface area contributed by atoms with Crippen molar-refractivity contribution in [1.82, 2.24) is 4.98 Å². The van der Waals surface area contributed by atoms with Gasteiger partial charge >= 0.3 is 0 Å². The van der Waals surface area contributed by atoms with Crippen molar-refractivity contribution in [3.8, 4) is 17.1 Å². The number of fused-ring (bicyclic) bond motifs is 1. The molecule has 3 aromatic rings. The predicted molar refractivity (Wildman–Crippen MR) is 84.1 cm³/mol. The molecule has 0 saturated heterocycles. The maximum Gasteiger partial charge on any atom is 0.280 e. The van der Waals surface area contributed by atoms with Crippen LogP contribution in [0.15, 0.2) is 35.3 Å². The Bertz CT molecular complexity index is 1120. The second kappa shape index (κ2) is 5.76. The van der Waals surface area contributed by atoms with Crippen molar-refractivity contribution >= 4 is 11.6 Å². The molecule has 9 heteroatoms. The molecule has 2 heterocycles. The topological polar surface area (TPSA) is 65.4 Å². The number of aromatic nitrogens is 1. The Morgan fingerprint density at radius 1 is 0.778 bits per heavy atom. The summed E-state index contributed by atoms with van der Waals surface area (Å²) in [5.41, 5.74) is -2.31. The van der Waals surface area contributed by atoms with Crippen LogP contribution in [-0.4, -0.2) is 21.7 Å². The van der Waals surface area contributed by atoms with Crippen molar-refractivity contribution in [3.63, 3.8) is 0 Å². The third kappa shape index (κ3) is 2.28. The first kappa shape index (κ1) is 17.0. The average Bonchev–Trinajstić information content (AvgIpc) is 3.18. The minimum absolute atomic E-state index is 0.107. The lowest BCUT2D eigenvalue weighted by molar-refractivity contribution is 0.101. The normalized spacial score (nSPS) is 13.1. The first-order valence-electron chi connectivity index (χ1n) is 7.48. The van der Waals surface area contributed by atoms with Gasteiger partial charge in [0.15, 0.2) is 29.1 Å². The van der Waals surface area contributed by atoms with E-state index in [1.165, 1.54) is 0 Å². The molecule has 136 valence electrons. The van der Waals surface area contributed by atoms with Crippen LogP contribution in [0.2, 0.25) is 0 Å². The molecule has 1 aliphatic heterocycles. The molecular weight excluding hydrogens is 371 g/mol. The van der Waals surface area contributed by atoms with Crippen LogP contribution in [0.5, 0.6) is 5.88 Å². The van der Waals surface area contributed by atoms with Gasteiger partial charge in [0, 0.05) is 0 Å². The third-order valence-corrected chi connectivity index (χ3v) is 4.15. The number of nitrogens with one attached hydrogen (secondary N) is 1. The van der Waals surface area contributed by atoms with Gasteiger partial charge in [0.1, 0.15) is 0 Å². The summed E-state index contributed by atoms with van der Waals surface area (Å²) >= 11 is 0. The molecule has 2 aromatic carbocycles. The Hall–Kier alpha value is -3.49. The molecular formula is C18H7F5N2O2. The van der Waals surface area contributed by atoms with E-state index in [-0.39, 0.29) is 11.3 Å². The van der Waals surface area contributed by atoms with Crippen LogP contribution >= 0.6 is 0 Å². The fourth-order valence-electron chi connectivity index (χ4n) is 2.96. The number of aromatic hydroxyl groups is 1. The quantitative estimate of drug-likeness (QED) is 0.401. The van der Waals surface area contributed by atoms with E-state index in [0.29, 0.717) is 5.56 Å². The number of aliphatic imine (C=N–C) groups is 1. The molecule has 1 amide bonds. The highest BCUT2D eigenvalue weighted by atomic mass is 19.2. The van der Waals surface area contributed by atoms with Crippen LogP contribution < -0.4 is 0 Å². The highest BCUT2D eigenvalue weighted by Crippen LogP contribution is 2.39. The molecule has 0 saturated carbocycles. The van der Waals surface area contributed by atoms with E-state index in [0.717, 1.165) is 0 Å². The van der Waals surface area contributed by atoms with E-state index in [2.05, 4.69) is 9.98 Å². The molecule has 4 rings (SSSR count). The fourth-order valence-corrected chi connectivity index (χ4v) is 2.96. The van der Waals surface area contributed by atoms with Gasteiger partial charge in [0.2, 0.25) is 5.82 Å². The molecule has 0 unspecified atom stereocenters. The first-order valence-corrected chi connectivity index (χ1v) is 7.48. The third-order valence-electron chi connectivity index (χ3n) is 4.15. The van der Waals surface area contributed by atoms with Crippen molar-refractivity contribution < 1.29 is 31.9 Å². The Morgan fingerprint density at radius 2 is 1.33 bits per heavy atom. The monoisotopic (exact) mass is 378 g/mol. The zero-order valence-electron chi connectivity index (χ0n) is 13.1. The predicted octanol–water partition coefficient (Wildman–Crippen LogP) is 4.07. The number of carbonyl (C=O) groups excluding carboxylic acids is 1. The Kier molecular flexibility index (Phi) is 3.62. The number of amides is 1. The Morgan fingerprint density at radius 3 is 1.93 bits per heavy atom. The van der Waals surface area contributed by atoms with E-state index >= 15 is 0 Å². The summed E-state index contributed by atoms with van der Waals surface area (Å²) in [5.74, 6) is -12.6. The van der Waals surface area contributed by atoms with Crippen LogP contribution in [0.3, 0.4) is 0 Å². The lowest BCUT2D eigenvalue weighted by Gasteiger charge is -2.08. The SMILES string of the molecule is O=C1N=C(c2c(F)c(F)c(F)c(F)c2F)c2c(O)[nH]c(-c3ccccc3)c21. The van der Waals surface area contributed by atoms with Crippen LogP contribution in [0.4, 0.5) is 22.0 Å². The summed E-state index contributed by atoms with van der Waals surface area (Å²) in [6, 6.07) is 8.17. The van der Waals surface area contributed by atoms with Crippen molar-refractivity contribution in [2.75, 3.05) is 0 Å². The van der Waals surface area contributed by atoms with E-state index in [1.807, 2.05) is 0 Å². The maximum absolute atomic E-state index is 14.1. The number of rotatable bonds is 2. The van der Waals surface area contributed by atoms with E-state index < -0.39 is 57.7 Å². The van der Waals surface area contributed by atoms with Gasteiger partial charge in [-0.2, -0.15) is 0 Å². The minimum Gasteiger partial charge on any atom is -0.494 e. The molecule has 0 aliphatic carbocycles. The largest absolute Gasteiger partial charge is 0.494 e. The Labute approximate surface area is 147 Å². The van der Waals surface area contributed by atoms with E-state index in [1.54, 1.807) is 30.3 Å². The molecule has 0 atom stereocenters. The van der Waals surface area contributed by atoms with Gasteiger partial charge < -0.3 is 10.1 Å². The number of benzene rings is 2. The van der Waals surface area contributed by atoms with Crippen molar-refractivity contribution in [2.24, 2.45) is 4.99 Å². The molecule has 0 bridgehead atoms. The minimum atomic E-state index is -2.33. The number of nitrogens with zero attached hydrogens (tertiary/aromatic N) is 1. The van der Waals surface area contributed by atoms with E-state index in [4.69, 9.17) is 0 Å². The number of hydrogen-bond donors (Lipinski definition) is 2. The molecule has 0 radical (unpaired) electrons. The van der Waals surface area contributed by atoms with Gasteiger partial charge in [-0.05, 0) is 5.56 Å². The van der Waals surface area contributed by atoms with Gasteiger partial charge in [-0.3, -0.25) is 4.79 Å². The zero-order chi connectivity index (χ0) is 19.5. The summed E-state index contributed by atoms with van der Waals surface area (Å²) in [6.07, 6.45) is 0. The number of carbonyl (C=O) groups is 1. The molecule has 4 nitrogen and oxygen atoms in total. The summed E-state index contributed by atoms with van der Waals surface area (Å²) in [6.45, 7) is 0. The molecule has 27 heavy (non-hydrogen) atoms. The van der Waals surface area contributed by atoms with Crippen LogP contribution in [-0.2, 0) is 0 Å². The summed E-state index contributed by atoms with van der Waals surface area (Å²) in [4.78, 5) is 18.2. The number of aromatic amines is 1. The smallest absolute Gasteiger partial charge is 0.280 e. The van der Waals surface area contributed by atoms with Gasteiger partial charge in [-0.1, -0.05) is 30.3 Å². The van der Waals surface area contributed by atoms with Gasteiger partial charge in [-0.25, -0.2) is 26.9 Å². The molecule has 1 aliphatic rings. The second-order valence-electron chi connectivity index (χ2n) is 5.68. The Balaban J connectivity index is 1.99. The number of halogens is 5. The maximum atomic E-state index is 14.1. The lowest BCUT2D eigenvalue weighted by atomic mass is 9.99. The second-order valence-corrected chi connectivity index (χ2v) is 5.68. The highest BCUT2D eigenvalue weighted by Gasteiger charge is 2.38. The molecule has 2 N–H and O–H groups in total. The van der Waals surface area contributed by atoms with Crippen molar-refractivity contribution in [1.29, 1.82) is 0 Å². The molecule has 0 spiro atoms. The number of hydrogen-bond acceptors (Lipinski definition) is 2. The van der Waals surface area contributed by atoms with Gasteiger partial charge in [0.25, 0.3) is 5.91 Å². The van der Waals surface area contributed by atoms with Crippen LogP contribution in [0.25, 0.3) is 11.3 Å². The fraction of sp³-hybridized carbons (Fsp3) is 0. The van der Waals surface area contributed by atoms with Crippen LogP contribution in [0.1, 0.15) is 21.5 Å². The average molecular weight is 378 g/mol. The number of H-pyrrole nitrogens is 1. The lowest BCUT2D eigenvalue weighted by Crippen LogP contribution is -2.13. The molecule has 1 aromatic heterocycles. The van der Waals surface area contributed by atoms with Gasteiger partial charge in [-0.15, -0.1) is 0 Å². The van der Waals surface area contributed by atoms with Crippen molar-refractivity contribution in [2.45, 2.75) is 0 Å².